The number of nitrogens with zero attached hydrogens (tertiary/aromatic N) is 4. The van der Waals surface area contributed by atoms with Gasteiger partial charge in [-0.1, -0.05) is 0 Å². The summed E-state index contributed by atoms with van der Waals surface area (Å²) < 4.78 is 12.5. The fourth-order valence-corrected chi connectivity index (χ4v) is 2.39. The molecule has 0 amide bonds. The van der Waals surface area contributed by atoms with E-state index in [-0.39, 0.29) is 12.4 Å². The van der Waals surface area contributed by atoms with Crippen LogP contribution in [0.1, 0.15) is 13.2 Å². The van der Waals surface area contributed by atoms with E-state index >= 15 is 0 Å². The van der Waals surface area contributed by atoms with Gasteiger partial charge in [-0.25, -0.2) is 15.0 Å². The van der Waals surface area contributed by atoms with E-state index in [1.165, 1.54) is 17.2 Å². The van der Waals surface area contributed by atoms with Crippen molar-refractivity contribution in [1.82, 2.24) is 19.5 Å². The summed E-state index contributed by atoms with van der Waals surface area (Å²) in [5.41, 5.74) is 6.59. The number of rotatable bonds is 4. The fraction of sp³-hybridized carbons (Fsp3) is 0.583. The zero-order valence-corrected chi connectivity index (χ0v) is 11.5. The Bertz CT molecular complexity index is 633. The largest absolute Gasteiger partial charge is 0.387 e. The van der Waals surface area contributed by atoms with Crippen LogP contribution < -0.4 is 5.73 Å². The van der Waals surface area contributed by atoms with Crippen LogP contribution in [0.5, 0.6) is 0 Å². The molecule has 3 heterocycles. The quantitative estimate of drug-likeness (QED) is 0.659. The van der Waals surface area contributed by atoms with Crippen LogP contribution in [0.15, 0.2) is 12.7 Å². The van der Waals surface area contributed by atoms with Crippen molar-refractivity contribution in [2.45, 2.75) is 31.5 Å². The molecule has 9 heteroatoms. The highest BCUT2D eigenvalue weighted by molar-refractivity contribution is 5.81. The predicted octanol–water partition coefficient (Wildman–Crippen LogP) is -0.936. The highest BCUT2D eigenvalue weighted by Crippen LogP contribution is 2.31. The molecule has 0 radical (unpaired) electrons. The monoisotopic (exact) mass is 295 g/mol. The van der Waals surface area contributed by atoms with E-state index in [4.69, 9.17) is 15.2 Å². The molecule has 0 saturated carbocycles. The lowest BCUT2D eigenvalue weighted by Gasteiger charge is -2.16. The van der Waals surface area contributed by atoms with Crippen molar-refractivity contribution in [3.63, 3.8) is 0 Å². The van der Waals surface area contributed by atoms with Gasteiger partial charge in [0, 0.05) is 6.61 Å². The summed E-state index contributed by atoms with van der Waals surface area (Å²) in [6.07, 6.45) is -0.793. The normalized spacial score (nSPS) is 29.3. The molecular formula is C12H17N5O4. The SMILES string of the molecule is CCOC[C@H]1O[C@@H](n2cnc3c(N)ncnc32)C(O)C1O. The van der Waals surface area contributed by atoms with E-state index in [2.05, 4.69) is 15.0 Å². The average molecular weight is 295 g/mol. The molecule has 2 aromatic rings. The highest BCUT2D eigenvalue weighted by Gasteiger charge is 2.44. The Hall–Kier alpha value is -1.81. The Morgan fingerprint density at radius 3 is 2.90 bits per heavy atom. The molecule has 4 atom stereocenters. The van der Waals surface area contributed by atoms with Crippen molar-refractivity contribution in [3.8, 4) is 0 Å². The summed E-state index contributed by atoms with van der Waals surface area (Å²) in [6.45, 7) is 2.55. The lowest BCUT2D eigenvalue weighted by Crippen LogP contribution is -2.33. The first-order valence-electron chi connectivity index (χ1n) is 6.65. The van der Waals surface area contributed by atoms with Crippen molar-refractivity contribution in [2.75, 3.05) is 18.9 Å². The molecule has 4 N–H and O–H groups in total. The minimum Gasteiger partial charge on any atom is -0.387 e. The lowest BCUT2D eigenvalue weighted by atomic mass is 10.1. The number of anilines is 1. The molecule has 1 aliphatic heterocycles. The topological polar surface area (TPSA) is 129 Å². The molecular weight excluding hydrogens is 278 g/mol. The molecule has 2 aromatic heterocycles. The number of ether oxygens (including phenoxy) is 2. The maximum atomic E-state index is 10.2. The van der Waals surface area contributed by atoms with Gasteiger partial charge in [0.1, 0.15) is 30.2 Å². The van der Waals surface area contributed by atoms with Gasteiger partial charge in [0.25, 0.3) is 0 Å². The smallest absolute Gasteiger partial charge is 0.167 e. The van der Waals surface area contributed by atoms with Gasteiger partial charge in [-0.2, -0.15) is 0 Å². The summed E-state index contributed by atoms with van der Waals surface area (Å²) >= 11 is 0. The van der Waals surface area contributed by atoms with Crippen LogP contribution in [-0.2, 0) is 9.47 Å². The van der Waals surface area contributed by atoms with E-state index in [1.54, 1.807) is 0 Å². The molecule has 1 fully saturated rings. The maximum absolute atomic E-state index is 10.2. The fourth-order valence-electron chi connectivity index (χ4n) is 2.39. The third-order valence-corrected chi connectivity index (χ3v) is 3.48. The molecule has 0 spiro atoms. The second-order valence-corrected chi connectivity index (χ2v) is 4.79. The van der Waals surface area contributed by atoms with Crippen molar-refractivity contribution in [2.24, 2.45) is 0 Å². The Labute approximate surface area is 120 Å². The van der Waals surface area contributed by atoms with Crippen molar-refractivity contribution in [1.29, 1.82) is 0 Å². The number of hydrogen-bond acceptors (Lipinski definition) is 8. The minimum absolute atomic E-state index is 0.203. The molecule has 1 saturated heterocycles. The third kappa shape index (κ3) is 2.33. The molecule has 3 rings (SSSR count). The number of imidazole rings is 1. The number of aliphatic hydroxyl groups excluding tert-OH is 2. The van der Waals surface area contributed by atoms with Crippen LogP contribution in [0.25, 0.3) is 11.2 Å². The standard InChI is InChI=1S/C12H17N5O4/c1-2-20-3-6-8(18)9(19)12(21-6)17-5-16-7-10(13)14-4-15-11(7)17/h4-6,8-9,12,18-19H,2-3H2,1H3,(H2,13,14,15)/t6-,8?,9?,12-/m1/s1. The number of aromatic nitrogens is 4. The van der Waals surface area contributed by atoms with Crippen LogP contribution in [-0.4, -0.2) is 61.3 Å². The van der Waals surface area contributed by atoms with Gasteiger partial charge in [0.05, 0.1) is 12.9 Å². The van der Waals surface area contributed by atoms with Crippen molar-refractivity contribution < 1.29 is 19.7 Å². The Morgan fingerprint density at radius 1 is 1.33 bits per heavy atom. The molecule has 2 unspecified atom stereocenters. The summed E-state index contributed by atoms with van der Waals surface area (Å²) in [7, 11) is 0. The molecule has 1 aliphatic rings. The van der Waals surface area contributed by atoms with Gasteiger partial charge >= 0.3 is 0 Å². The molecule has 114 valence electrons. The third-order valence-electron chi connectivity index (χ3n) is 3.48. The Morgan fingerprint density at radius 2 is 2.14 bits per heavy atom. The molecule has 0 bridgehead atoms. The first-order valence-corrected chi connectivity index (χ1v) is 6.65. The second kappa shape index (κ2) is 5.53. The van der Waals surface area contributed by atoms with Gasteiger partial charge in [-0.05, 0) is 6.92 Å². The van der Waals surface area contributed by atoms with Gasteiger partial charge in [-0.15, -0.1) is 0 Å². The maximum Gasteiger partial charge on any atom is 0.167 e. The lowest BCUT2D eigenvalue weighted by molar-refractivity contribution is -0.0638. The van der Waals surface area contributed by atoms with Crippen LogP contribution in [0.2, 0.25) is 0 Å². The first-order chi connectivity index (χ1) is 10.1. The highest BCUT2D eigenvalue weighted by atomic mass is 16.6. The molecule has 0 aliphatic carbocycles. The van der Waals surface area contributed by atoms with Crippen molar-refractivity contribution in [3.05, 3.63) is 12.7 Å². The van der Waals surface area contributed by atoms with Gasteiger partial charge in [0.15, 0.2) is 17.7 Å². The van der Waals surface area contributed by atoms with Gasteiger partial charge < -0.3 is 25.4 Å². The average Bonchev–Trinajstić information content (AvgIpc) is 3.02. The summed E-state index contributed by atoms with van der Waals surface area (Å²) in [5, 5.41) is 20.2. The minimum atomic E-state index is -1.11. The van der Waals surface area contributed by atoms with Crippen LogP contribution in [0, 0.1) is 0 Å². The van der Waals surface area contributed by atoms with E-state index in [1.807, 2.05) is 6.92 Å². The van der Waals surface area contributed by atoms with Crippen LogP contribution in [0.3, 0.4) is 0 Å². The van der Waals surface area contributed by atoms with E-state index < -0.39 is 24.5 Å². The molecule has 9 nitrogen and oxygen atoms in total. The zero-order chi connectivity index (χ0) is 15.0. The number of nitrogen functional groups attached to an aromatic ring is 1. The van der Waals surface area contributed by atoms with Gasteiger partial charge in [0.2, 0.25) is 0 Å². The Kier molecular flexibility index (Phi) is 3.72. The first kappa shape index (κ1) is 14.1. The summed E-state index contributed by atoms with van der Waals surface area (Å²) in [4.78, 5) is 12.1. The second-order valence-electron chi connectivity index (χ2n) is 4.79. The molecule has 0 aromatic carbocycles. The summed E-state index contributed by atoms with van der Waals surface area (Å²) in [6, 6.07) is 0. The number of hydrogen-bond donors (Lipinski definition) is 3. The zero-order valence-electron chi connectivity index (χ0n) is 11.5. The van der Waals surface area contributed by atoms with E-state index in [9.17, 15) is 10.2 Å². The Balaban J connectivity index is 1.90. The van der Waals surface area contributed by atoms with E-state index in [0.717, 1.165) is 0 Å². The van der Waals surface area contributed by atoms with Crippen molar-refractivity contribution >= 4 is 17.0 Å². The number of nitrogens with two attached hydrogens (primary N) is 1. The van der Waals surface area contributed by atoms with Crippen LogP contribution >= 0.6 is 0 Å². The number of fused-ring (bicyclic) bond motifs is 1. The predicted molar refractivity (Wildman–Crippen MR) is 72.2 cm³/mol. The van der Waals surface area contributed by atoms with E-state index in [0.29, 0.717) is 17.8 Å². The van der Waals surface area contributed by atoms with Crippen LogP contribution in [0.4, 0.5) is 5.82 Å². The number of aliphatic hydroxyl groups is 2. The molecule has 21 heavy (non-hydrogen) atoms. The van der Waals surface area contributed by atoms with Gasteiger partial charge in [-0.3, -0.25) is 4.57 Å². The summed E-state index contributed by atoms with van der Waals surface area (Å²) in [5.74, 6) is 0.248.